The third-order valence-corrected chi connectivity index (χ3v) is 2.76. The summed E-state index contributed by atoms with van der Waals surface area (Å²) in [6.07, 6.45) is 3.45. The lowest BCUT2D eigenvalue weighted by Gasteiger charge is -2.32. The van der Waals surface area contributed by atoms with E-state index in [0.717, 1.165) is 0 Å². The Hall–Kier alpha value is -1.44. The number of nitrogens with zero attached hydrogens (tertiary/aromatic N) is 1. The van der Waals surface area contributed by atoms with Gasteiger partial charge in [0.25, 0.3) is 0 Å². The van der Waals surface area contributed by atoms with Gasteiger partial charge < -0.3 is 9.88 Å². The Morgan fingerprint density at radius 2 is 2.00 bits per heavy atom. The lowest BCUT2D eigenvalue weighted by Crippen LogP contribution is -2.36. The van der Waals surface area contributed by atoms with Crippen LogP contribution in [0.4, 0.5) is 5.69 Å². The maximum absolute atomic E-state index is 3.30. The molecule has 1 aromatic carbocycles. The molecule has 0 unspecified atom stereocenters. The normalized spacial score (nSPS) is 16.2. The van der Waals surface area contributed by atoms with Crippen molar-refractivity contribution < 1.29 is 0 Å². The predicted molar refractivity (Wildman–Crippen MR) is 55.1 cm³/mol. The summed E-state index contributed by atoms with van der Waals surface area (Å²) in [5.74, 6) is 0. The van der Waals surface area contributed by atoms with Crippen molar-refractivity contribution in [1.82, 2.24) is 4.98 Å². The lowest BCUT2D eigenvalue weighted by atomic mass is 10.1. The van der Waals surface area contributed by atoms with Crippen LogP contribution in [0.3, 0.4) is 0 Å². The third-order valence-electron chi connectivity index (χ3n) is 2.76. The number of anilines is 1. The molecule has 0 spiro atoms. The Bertz CT molecular complexity index is 426. The molecule has 3 rings (SSSR count). The largest absolute Gasteiger partial charge is 0.370 e. The first-order valence-corrected chi connectivity index (χ1v) is 4.76. The second-order valence-electron chi connectivity index (χ2n) is 3.56. The Kier molecular flexibility index (Phi) is 1.36. The van der Waals surface area contributed by atoms with E-state index in [1.165, 1.54) is 36.1 Å². The topological polar surface area (TPSA) is 19.0 Å². The van der Waals surface area contributed by atoms with Gasteiger partial charge in [-0.05, 0) is 12.5 Å². The van der Waals surface area contributed by atoms with E-state index in [4.69, 9.17) is 0 Å². The summed E-state index contributed by atoms with van der Waals surface area (Å²) in [6, 6.07) is 8.47. The fourth-order valence-electron chi connectivity index (χ4n) is 1.87. The zero-order valence-corrected chi connectivity index (χ0v) is 7.46. The van der Waals surface area contributed by atoms with Crippen LogP contribution in [0.25, 0.3) is 10.9 Å². The first kappa shape index (κ1) is 7.01. The molecule has 0 bridgehead atoms. The van der Waals surface area contributed by atoms with Crippen LogP contribution in [0.1, 0.15) is 6.42 Å². The number of rotatable bonds is 1. The van der Waals surface area contributed by atoms with E-state index in [9.17, 15) is 0 Å². The summed E-state index contributed by atoms with van der Waals surface area (Å²) >= 11 is 0. The zero-order valence-electron chi connectivity index (χ0n) is 7.46. The summed E-state index contributed by atoms with van der Waals surface area (Å²) in [4.78, 5) is 5.71. The molecule has 1 fully saturated rings. The van der Waals surface area contributed by atoms with Crippen LogP contribution < -0.4 is 4.90 Å². The van der Waals surface area contributed by atoms with Crippen molar-refractivity contribution in [3.8, 4) is 0 Å². The number of hydrogen-bond acceptors (Lipinski definition) is 1. The van der Waals surface area contributed by atoms with E-state index in [0.29, 0.717) is 0 Å². The predicted octanol–water partition coefficient (Wildman–Crippen LogP) is 2.38. The molecule has 66 valence electrons. The van der Waals surface area contributed by atoms with Gasteiger partial charge in [-0.1, -0.05) is 18.2 Å². The number of hydrogen-bond donors (Lipinski definition) is 1. The monoisotopic (exact) mass is 172 g/mol. The maximum atomic E-state index is 3.30. The molecule has 2 heterocycles. The molecular formula is C11H12N2. The Labute approximate surface area is 77.2 Å². The highest BCUT2D eigenvalue weighted by Gasteiger charge is 2.17. The average molecular weight is 172 g/mol. The molecule has 1 saturated heterocycles. The first-order chi connectivity index (χ1) is 6.45. The highest BCUT2D eigenvalue weighted by Crippen LogP contribution is 2.29. The van der Waals surface area contributed by atoms with Gasteiger partial charge in [-0.2, -0.15) is 0 Å². The van der Waals surface area contributed by atoms with Gasteiger partial charge in [0.15, 0.2) is 0 Å². The standard InChI is InChI=1S/C11H12N2/c1-2-5-10-9(4-1)11(8-12-10)13-6-3-7-13/h1-2,4-5,8,12H,3,6-7H2. The Morgan fingerprint density at radius 3 is 2.77 bits per heavy atom. The van der Waals surface area contributed by atoms with Crippen LogP contribution in [0.5, 0.6) is 0 Å². The van der Waals surface area contributed by atoms with E-state index >= 15 is 0 Å². The van der Waals surface area contributed by atoms with E-state index < -0.39 is 0 Å². The molecule has 2 heteroatoms. The SMILES string of the molecule is c1ccc2c(N3CCC3)c[nH]c2c1. The number of aromatic amines is 1. The van der Waals surface area contributed by atoms with Gasteiger partial charge in [0.05, 0.1) is 5.69 Å². The van der Waals surface area contributed by atoms with Gasteiger partial charge in [0, 0.05) is 30.2 Å². The van der Waals surface area contributed by atoms with Crippen LogP contribution in [0, 0.1) is 0 Å². The van der Waals surface area contributed by atoms with Crippen molar-refractivity contribution in [2.24, 2.45) is 0 Å². The van der Waals surface area contributed by atoms with E-state index in [2.05, 4.69) is 40.3 Å². The second-order valence-corrected chi connectivity index (χ2v) is 3.56. The fourth-order valence-corrected chi connectivity index (χ4v) is 1.87. The van der Waals surface area contributed by atoms with Crippen molar-refractivity contribution in [2.45, 2.75) is 6.42 Å². The van der Waals surface area contributed by atoms with Crippen molar-refractivity contribution in [3.05, 3.63) is 30.5 Å². The van der Waals surface area contributed by atoms with Crippen LogP contribution in [-0.2, 0) is 0 Å². The number of benzene rings is 1. The van der Waals surface area contributed by atoms with Crippen molar-refractivity contribution in [1.29, 1.82) is 0 Å². The van der Waals surface area contributed by atoms with Crippen LogP contribution in [0.2, 0.25) is 0 Å². The molecule has 1 aromatic heterocycles. The van der Waals surface area contributed by atoms with Gasteiger partial charge in [-0.3, -0.25) is 0 Å². The minimum Gasteiger partial charge on any atom is -0.370 e. The summed E-state index contributed by atoms with van der Waals surface area (Å²) in [5.41, 5.74) is 2.60. The smallest absolute Gasteiger partial charge is 0.0623 e. The minimum atomic E-state index is 1.21. The van der Waals surface area contributed by atoms with E-state index in [-0.39, 0.29) is 0 Å². The molecule has 0 saturated carbocycles. The fraction of sp³-hybridized carbons (Fsp3) is 0.273. The summed E-state index contributed by atoms with van der Waals surface area (Å²) < 4.78 is 0. The van der Waals surface area contributed by atoms with Gasteiger partial charge in [0.2, 0.25) is 0 Å². The number of para-hydroxylation sites is 1. The van der Waals surface area contributed by atoms with Crippen LogP contribution >= 0.6 is 0 Å². The zero-order chi connectivity index (χ0) is 8.67. The highest BCUT2D eigenvalue weighted by atomic mass is 15.2. The van der Waals surface area contributed by atoms with Gasteiger partial charge in [0.1, 0.15) is 0 Å². The van der Waals surface area contributed by atoms with Gasteiger partial charge in [-0.15, -0.1) is 0 Å². The minimum absolute atomic E-state index is 1.21. The molecule has 0 atom stereocenters. The Balaban J connectivity index is 2.17. The molecule has 0 amide bonds. The molecule has 2 aromatic rings. The molecule has 13 heavy (non-hydrogen) atoms. The second kappa shape index (κ2) is 2.52. The molecule has 1 aliphatic rings. The van der Waals surface area contributed by atoms with Crippen molar-refractivity contribution in [2.75, 3.05) is 18.0 Å². The summed E-state index contributed by atoms with van der Waals surface area (Å²) in [6.45, 7) is 2.42. The van der Waals surface area contributed by atoms with Crippen LogP contribution in [0.15, 0.2) is 30.5 Å². The summed E-state index contributed by atoms with van der Waals surface area (Å²) in [7, 11) is 0. The number of aromatic nitrogens is 1. The summed E-state index contributed by atoms with van der Waals surface area (Å²) in [5, 5.41) is 1.35. The highest BCUT2D eigenvalue weighted by molar-refractivity contribution is 5.93. The number of H-pyrrole nitrogens is 1. The number of nitrogens with one attached hydrogen (secondary N) is 1. The third kappa shape index (κ3) is 0.949. The van der Waals surface area contributed by atoms with Crippen molar-refractivity contribution >= 4 is 16.6 Å². The molecule has 2 nitrogen and oxygen atoms in total. The average Bonchev–Trinajstić information content (AvgIpc) is 2.47. The van der Waals surface area contributed by atoms with Gasteiger partial charge in [-0.25, -0.2) is 0 Å². The first-order valence-electron chi connectivity index (χ1n) is 4.76. The van der Waals surface area contributed by atoms with E-state index in [1.807, 2.05) is 0 Å². The Morgan fingerprint density at radius 1 is 1.15 bits per heavy atom. The van der Waals surface area contributed by atoms with Crippen LogP contribution in [-0.4, -0.2) is 18.1 Å². The molecular weight excluding hydrogens is 160 g/mol. The molecule has 1 aliphatic heterocycles. The maximum Gasteiger partial charge on any atom is 0.0623 e. The molecule has 1 N–H and O–H groups in total. The van der Waals surface area contributed by atoms with Gasteiger partial charge >= 0.3 is 0 Å². The van der Waals surface area contributed by atoms with E-state index in [1.54, 1.807) is 0 Å². The lowest BCUT2D eigenvalue weighted by molar-refractivity contribution is 0.620. The number of fused-ring (bicyclic) bond motifs is 1. The molecule has 0 radical (unpaired) electrons. The molecule has 0 aliphatic carbocycles. The van der Waals surface area contributed by atoms with Crippen molar-refractivity contribution in [3.63, 3.8) is 0 Å². The quantitative estimate of drug-likeness (QED) is 0.699.